The molecule has 166 valence electrons. The van der Waals surface area contributed by atoms with Gasteiger partial charge in [-0.25, -0.2) is 4.98 Å². The van der Waals surface area contributed by atoms with Crippen LogP contribution in [0, 0.1) is 0 Å². The number of benzene rings is 1. The second kappa shape index (κ2) is 11.8. The fourth-order valence-corrected chi connectivity index (χ4v) is 3.89. The molecule has 3 N–H and O–H groups in total. The first-order valence-electron chi connectivity index (χ1n) is 10.5. The van der Waals surface area contributed by atoms with Gasteiger partial charge in [-0.15, -0.1) is 24.0 Å². The Kier molecular flexibility index (Phi) is 8.89. The van der Waals surface area contributed by atoms with Gasteiger partial charge >= 0.3 is 0 Å². The number of H-pyrrole nitrogens is 1. The van der Waals surface area contributed by atoms with E-state index in [1.54, 1.807) is 13.3 Å². The van der Waals surface area contributed by atoms with Crippen LogP contribution in [0.4, 0.5) is 0 Å². The zero-order valence-electron chi connectivity index (χ0n) is 17.8. The summed E-state index contributed by atoms with van der Waals surface area (Å²) in [5.41, 5.74) is 2.16. The van der Waals surface area contributed by atoms with Crippen molar-refractivity contribution in [3.63, 3.8) is 0 Å². The molecule has 4 rings (SSSR count). The van der Waals surface area contributed by atoms with Gasteiger partial charge in [-0.3, -0.25) is 15.0 Å². The summed E-state index contributed by atoms with van der Waals surface area (Å²) in [4.78, 5) is 11.1. The second-order valence-corrected chi connectivity index (χ2v) is 7.47. The molecule has 0 saturated carbocycles. The quantitative estimate of drug-likeness (QED) is 0.243. The zero-order valence-corrected chi connectivity index (χ0v) is 20.1. The van der Waals surface area contributed by atoms with Crippen LogP contribution in [0.3, 0.4) is 0 Å². The first kappa shape index (κ1) is 23.3. The van der Waals surface area contributed by atoms with Crippen molar-refractivity contribution in [3.05, 3.63) is 60.3 Å². The van der Waals surface area contributed by atoms with E-state index in [9.17, 15) is 0 Å². The lowest BCUT2D eigenvalue weighted by molar-refractivity contribution is 0.146. The van der Waals surface area contributed by atoms with Crippen molar-refractivity contribution in [2.45, 2.75) is 31.8 Å². The highest BCUT2D eigenvalue weighted by Crippen LogP contribution is 2.24. The molecule has 1 aliphatic rings. The lowest BCUT2D eigenvalue weighted by atomic mass is 10.1. The molecular formula is C22H30IN7O. The minimum Gasteiger partial charge on any atom is -0.468 e. The SMILES string of the molecule is CN=C(NCc1cccc(-c2ncn[nH]2)c1)NCC(c1ccco1)N1CCCCC1.I. The topological polar surface area (TPSA) is 94.4 Å². The highest BCUT2D eigenvalue weighted by molar-refractivity contribution is 14.0. The minimum absolute atomic E-state index is 0. The fraction of sp³-hybridized carbons (Fsp3) is 0.409. The third kappa shape index (κ3) is 6.30. The van der Waals surface area contributed by atoms with Crippen LogP contribution in [-0.4, -0.2) is 52.7 Å². The van der Waals surface area contributed by atoms with Crippen LogP contribution >= 0.6 is 24.0 Å². The van der Waals surface area contributed by atoms with Crippen molar-refractivity contribution in [2.75, 3.05) is 26.7 Å². The smallest absolute Gasteiger partial charge is 0.191 e. The molecule has 1 aliphatic heterocycles. The fourth-order valence-electron chi connectivity index (χ4n) is 3.89. The summed E-state index contributed by atoms with van der Waals surface area (Å²) >= 11 is 0. The van der Waals surface area contributed by atoms with Crippen molar-refractivity contribution in [1.82, 2.24) is 30.7 Å². The highest BCUT2D eigenvalue weighted by atomic mass is 127. The predicted octanol–water partition coefficient (Wildman–Crippen LogP) is 3.57. The van der Waals surface area contributed by atoms with Gasteiger partial charge in [0, 0.05) is 25.7 Å². The summed E-state index contributed by atoms with van der Waals surface area (Å²) in [5, 5.41) is 13.7. The number of guanidine groups is 1. The van der Waals surface area contributed by atoms with Crippen LogP contribution in [-0.2, 0) is 6.54 Å². The van der Waals surface area contributed by atoms with E-state index in [0.29, 0.717) is 6.54 Å². The van der Waals surface area contributed by atoms with Crippen molar-refractivity contribution >= 4 is 29.9 Å². The minimum atomic E-state index is 0. The van der Waals surface area contributed by atoms with Gasteiger partial charge in [0.05, 0.1) is 12.3 Å². The Bertz CT molecular complexity index is 921. The van der Waals surface area contributed by atoms with E-state index < -0.39 is 0 Å². The number of nitrogens with zero attached hydrogens (tertiary/aromatic N) is 4. The lowest BCUT2D eigenvalue weighted by Gasteiger charge is -2.33. The summed E-state index contributed by atoms with van der Waals surface area (Å²) in [6.07, 6.45) is 7.06. The normalized spacial score (nSPS) is 15.8. The van der Waals surface area contributed by atoms with E-state index in [2.05, 4.69) is 53.9 Å². The number of nitrogens with one attached hydrogen (secondary N) is 3. The molecular weight excluding hydrogens is 505 g/mol. The van der Waals surface area contributed by atoms with Crippen molar-refractivity contribution in [2.24, 2.45) is 4.99 Å². The molecule has 0 amide bonds. The molecule has 3 heterocycles. The van der Waals surface area contributed by atoms with Crippen molar-refractivity contribution < 1.29 is 4.42 Å². The second-order valence-electron chi connectivity index (χ2n) is 7.47. The molecule has 2 aromatic heterocycles. The van der Waals surface area contributed by atoms with Crippen molar-refractivity contribution in [1.29, 1.82) is 0 Å². The summed E-state index contributed by atoms with van der Waals surface area (Å²) in [6, 6.07) is 12.4. The molecule has 0 spiro atoms. The summed E-state index contributed by atoms with van der Waals surface area (Å²) < 4.78 is 5.74. The Morgan fingerprint density at radius 3 is 2.77 bits per heavy atom. The summed E-state index contributed by atoms with van der Waals surface area (Å²) in [5.74, 6) is 2.54. The maximum atomic E-state index is 5.74. The van der Waals surface area contributed by atoms with Gasteiger partial charge in [0.2, 0.25) is 0 Å². The van der Waals surface area contributed by atoms with E-state index in [4.69, 9.17) is 4.42 Å². The molecule has 31 heavy (non-hydrogen) atoms. The molecule has 1 aromatic carbocycles. The predicted molar refractivity (Wildman–Crippen MR) is 132 cm³/mol. The number of hydrogen-bond acceptors (Lipinski definition) is 5. The van der Waals surface area contributed by atoms with E-state index in [1.165, 1.54) is 25.6 Å². The molecule has 1 fully saturated rings. The van der Waals surface area contributed by atoms with Gasteiger partial charge in [0.1, 0.15) is 12.1 Å². The number of hydrogen-bond donors (Lipinski definition) is 3. The Hall–Kier alpha value is -2.40. The van der Waals surface area contributed by atoms with Gasteiger partial charge in [0.15, 0.2) is 11.8 Å². The molecule has 3 aromatic rings. The molecule has 0 bridgehead atoms. The molecule has 8 nitrogen and oxygen atoms in total. The first-order chi connectivity index (χ1) is 14.8. The first-order valence-corrected chi connectivity index (χ1v) is 10.5. The van der Waals surface area contributed by atoms with Gasteiger partial charge < -0.3 is 15.1 Å². The van der Waals surface area contributed by atoms with E-state index in [1.807, 2.05) is 18.2 Å². The van der Waals surface area contributed by atoms with Crippen LogP contribution in [0.2, 0.25) is 0 Å². The number of piperidine rings is 1. The van der Waals surface area contributed by atoms with E-state index >= 15 is 0 Å². The van der Waals surface area contributed by atoms with Crippen LogP contribution in [0.1, 0.15) is 36.6 Å². The molecule has 0 aliphatic carbocycles. The summed E-state index contributed by atoms with van der Waals surface area (Å²) in [6.45, 7) is 3.61. The van der Waals surface area contributed by atoms with Crippen LogP contribution in [0.25, 0.3) is 11.4 Å². The Morgan fingerprint density at radius 1 is 1.19 bits per heavy atom. The van der Waals surface area contributed by atoms with E-state index in [-0.39, 0.29) is 30.0 Å². The van der Waals surface area contributed by atoms with Gasteiger partial charge in [-0.1, -0.05) is 24.6 Å². The van der Waals surface area contributed by atoms with Crippen LogP contribution in [0.5, 0.6) is 0 Å². The number of furan rings is 1. The molecule has 9 heteroatoms. The third-order valence-electron chi connectivity index (χ3n) is 5.46. The molecule has 0 radical (unpaired) electrons. The Balaban J connectivity index is 0.00000272. The lowest BCUT2D eigenvalue weighted by Crippen LogP contribution is -2.44. The average molecular weight is 535 g/mol. The molecule has 1 unspecified atom stereocenters. The van der Waals surface area contributed by atoms with E-state index in [0.717, 1.165) is 48.3 Å². The number of aliphatic imine (C=N–C) groups is 1. The monoisotopic (exact) mass is 535 g/mol. The third-order valence-corrected chi connectivity index (χ3v) is 5.46. The van der Waals surface area contributed by atoms with Crippen LogP contribution < -0.4 is 10.6 Å². The number of halogens is 1. The molecule has 1 saturated heterocycles. The average Bonchev–Trinajstić information content (AvgIpc) is 3.52. The van der Waals surface area contributed by atoms with Gasteiger partial charge in [-0.2, -0.15) is 5.10 Å². The van der Waals surface area contributed by atoms with Crippen molar-refractivity contribution in [3.8, 4) is 11.4 Å². The standard InChI is InChI=1S/C22H29N7O.HI/c1-23-22(24-14-17-7-5-8-18(13-17)21-26-16-27-28-21)25-15-19(20-9-6-12-30-20)29-10-3-2-4-11-29;/h5-9,12-13,16,19H,2-4,10-11,14-15H2,1H3,(H2,23,24,25)(H,26,27,28);1H. The maximum absolute atomic E-state index is 5.74. The number of likely N-dealkylation sites (tertiary alicyclic amines) is 1. The number of rotatable bonds is 7. The molecule has 1 atom stereocenters. The van der Waals surface area contributed by atoms with Gasteiger partial charge in [0.25, 0.3) is 0 Å². The number of aromatic amines is 1. The largest absolute Gasteiger partial charge is 0.468 e. The summed E-state index contributed by atoms with van der Waals surface area (Å²) in [7, 11) is 1.79. The Morgan fingerprint density at radius 2 is 2.06 bits per heavy atom. The zero-order chi connectivity index (χ0) is 20.6. The maximum Gasteiger partial charge on any atom is 0.191 e. The highest BCUT2D eigenvalue weighted by Gasteiger charge is 2.24. The number of aromatic nitrogens is 3. The van der Waals surface area contributed by atoms with Crippen LogP contribution in [0.15, 0.2) is 58.4 Å². The van der Waals surface area contributed by atoms with Gasteiger partial charge in [-0.05, 0) is 49.7 Å². The Labute approximate surface area is 199 Å².